The third kappa shape index (κ3) is 3.98. The quantitative estimate of drug-likeness (QED) is 0.452. The minimum atomic E-state index is -1.00. The molecule has 0 unspecified atom stereocenters. The number of ether oxygens (including phenoxy) is 1. The molecule has 30 heavy (non-hydrogen) atoms. The number of carboxylic acid groups (broad SMARTS) is 1. The van der Waals surface area contributed by atoms with E-state index in [1.807, 2.05) is 30.3 Å². The van der Waals surface area contributed by atoms with E-state index in [4.69, 9.17) is 21.4 Å². The molecule has 0 aliphatic heterocycles. The molecule has 0 amide bonds. The summed E-state index contributed by atoms with van der Waals surface area (Å²) in [5, 5.41) is 9.23. The van der Waals surface area contributed by atoms with Gasteiger partial charge in [-0.3, -0.25) is 4.79 Å². The molecule has 0 atom stereocenters. The second-order valence-corrected chi connectivity index (χ2v) is 7.85. The van der Waals surface area contributed by atoms with Gasteiger partial charge in [0.05, 0.1) is 23.2 Å². The largest absolute Gasteiger partial charge is 0.497 e. The van der Waals surface area contributed by atoms with Crippen LogP contribution in [0.2, 0.25) is 0 Å². The van der Waals surface area contributed by atoms with Gasteiger partial charge in [-0.15, -0.1) is 11.3 Å². The fraction of sp³-hybridized carbons (Fsp3) is 0.0455. The number of carbonyl (C=O) groups is 1. The summed E-state index contributed by atoms with van der Waals surface area (Å²) in [5.41, 5.74) is 2.11. The van der Waals surface area contributed by atoms with Crippen LogP contribution in [0.5, 0.6) is 5.75 Å². The van der Waals surface area contributed by atoms with Crippen molar-refractivity contribution in [2.24, 2.45) is 0 Å². The number of hydrogen-bond acceptors (Lipinski definition) is 5. The SMILES string of the molecule is COc1ccc(-c2cc3nc(/C(Cl)=C/c4ccc(C(=O)O)cc4)[nH]c(=O)c3s2)cc1. The molecule has 4 rings (SSSR count). The number of aromatic amines is 1. The molecule has 0 bridgehead atoms. The highest BCUT2D eigenvalue weighted by molar-refractivity contribution is 7.22. The zero-order chi connectivity index (χ0) is 21.3. The van der Waals surface area contributed by atoms with Crippen molar-refractivity contribution >= 4 is 50.2 Å². The van der Waals surface area contributed by atoms with E-state index in [9.17, 15) is 9.59 Å². The van der Waals surface area contributed by atoms with E-state index < -0.39 is 5.97 Å². The Morgan fingerprint density at radius 1 is 1.17 bits per heavy atom. The summed E-state index contributed by atoms with van der Waals surface area (Å²) in [6.45, 7) is 0. The molecular formula is C22H15ClN2O4S. The van der Waals surface area contributed by atoms with Crippen LogP contribution in [0.3, 0.4) is 0 Å². The van der Waals surface area contributed by atoms with Gasteiger partial charge in [0.2, 0.25) is 0 Å². The van der Waals surface area contributed by atoms with Crippen LogP contribution in [0.15, 0.2) is 59.4 Å². The third-order valence-corrected chi connectivity index (χ3v) is 5.89. The lowest BCUT2D eigenvalue weighted by atomic mass is 10.1. The van der Waals surface area contributed by atoms with Crippen LogP contribution in [0.4, 0.5) is 0 Å². The predicted molar refractivity (Wildman–Crippen MR) is 119 cm³/mol. The molecule has 8 heteroatoms. The minimum absolute atomic E-state index is 0.181. The first-order valence-electron chi connectivity index (χ1n) is 8.84. The minimum Gasteiger partial charge on any atom is -0.497 e. The average Bonchev–Trinajstić information content (AvgIpc) is 3.19. The molecule has 0 fully saturated rings. The topological polar surface area (TPSA) is 92.3 Å². The van der Waals surface area contributed by atoms with Gasteiger partial charge in [0, 0.05) is 4.88 Å². The lowest BCUT2D eigenvalue weighted by Crippen LogP contribution is -2.08. The highest BCUT2D eigenvalue weighted by Crippen LogP contribution is 2.32. The summed E-state index contributed by atoms with van der Waals surface area (Å²) in [6, 6.07) is 15.7. The number of rotatable bonds is 5. The zero-order valence-electron chi connectivity index (χ0n) is 15.7. The van der Waals surface area contributed by atoms with Crippen molar-refractivity contribution < 1.29 is 14.6 Å². The van der Waals surface area contributed by atoms with Crippen molar-refractivity contribution in [2.45, 2.75) is 0 Å². The van der Waals surface area contributed by atoms with Gasteiger partial charge in [0.15, 0.2) is 5.82 Å². The first-order valence-corrected chi connectivity index (χ1v) is 10.0. The molecule has 4 aromatic rings. The molecule has 2 aromatic carbocycles. The normalized spacial score (nSPS) is 11.6. The van der Waals surface area contributed by atoms with Crippen molar-refractivity contribution in [1.29, 1.82) is 0 Å². The summed E-state index contributed by atoms with van der Waals surface area (Å²) in [6.07, 6.45) is 1.62. The number of H-pyrrole nitrogens is 1. The maximum absolute atomic E-state index is 12.6. The Hall–Kier alpha value is -3.42. The van der Waals surface area contributed by atoms with Gasteiger partial charge in [-0.2, -0.15) is 0 Å². The highest BCUT2D eigenvalue weighted by atomic mass is 35.5. The van der Waals surface area contributed by atoms with Gasteiger partial charge in [0.1, 0.15) is 10.4 Å². The second kappa shape index (κ2) is 8.14. The Kier molecular flexibility index (Phi) is 5.39. The standard InChI is InChI=1S/C22H15ClN2O4S/c1-29-15-8-6-13(7-9-15)18-11-17-19(30-18)21(26)25-20(24-17)16(23)10-12-2-4-14(5-3-12)22(27)28/h2-11H,1H3,(H,27,28)(H,24,25,26)/b16-10-. The van der Waals surface area contributed by atoms with Crippen molar-refractivity contribution in [3.05, 3.63) is 81.9 Å². The summed E-state index contributed by atoms with van der Waals surface area (Å²) in [5.74, 6) is 0.000168. The van der Waals surface area contributed by atoms with E-state index in [1.165, 1.54) is 23.5 Å². The maximum Gasteiger partial charge on any atom is 0.335 e. The van der Waals surface area contributed by atoms with Gasteiger partial charge in [-0.25, -0.2) is 9.78 Å². The number of nitrogens with zero attached hydrogens (tertiary/aromatic N) is 1. The summed E-state index contributed by atoms with van der Waals surface area (Å²) >= 11 is 7.73. The van der Waals surface area contributed by atoms with Crippen molar-refractivity contribution in [2.75, 3.05) is 7.11 Å². The lowest BCUT2D eigenvalue weighted by molar-refractivity contribution is 0.0697. The number of aromatic carboxylic acids is 1. The Labute approximate surface area is 180 Å². The molecule has 150 valence electrons. The van der Waals surface area contributed by atoms with Crippen LogP contribution in [0, 0.1) is 0 Å². The Balaban J connectivity index is 1.69. The molecule has 0 radical (unpaired) electrons. The highest BCUT2D eigenvalue weighted by Gasteiger charge is 2.12. The Morgan fingerprint density at radius 3 is 2.50 bits per heavy atom. The van der Waals surface area contributed by atoms with Gasteiger partial charge >= 0.3 is 5.97 Å². The van der Waals surface area contributed by atoms with E-state index in [2.05, 4.69) is 9.97 Å². The van der Waals surface area contributed by atoms with Crippen LogP contribution < -0.4 is 10.3 Å². The number of thiophene rings is 1. The third-order valence-electron chi connectivity index (χ3n) is 4.43. The van der Waals surface area contributed by atoms with E-state index >= 15 is 0 Å². The molecule has 2 N–H and O–H groups in total. The Morgan fingerprint density at radius 2 is 1.87 bits per heavy atom. The number of benzene rings is 2. The number of fused-ring (bicyclic) bond motifs is 1. The molecule has 0 spiro atoms. The van der Waals surface area contributed by atoms with Crippen LogP contribution in [0.25, 0.3) is 31.8 Å². The van der Waals surface area contributed by atoms with E-state index in [0.29, 0.717) is 15.8 Å². The number of halogens is 1. The molecule has 6 nitrogen and oxygen atoms in total. The smallest absolute Gasteiger partial charge is 0.335 e. The van der Waals surface area contributed by atoms with Crippen molar-refractivity contribution in [1.82, 2.24) is 9.97 Å². The van der Waals surface area contributed by atoms with Crippen LogP contribution >= 0.6 is 22.9 Å². The van der Waals surface area contributed by atoms with E-state index in [0.717, 1.165) is 16.2 Å². The molecule has 2 aromatic heterocycles. The van der Waals surface area contributed by atoms with Gasteiger partial charge < -0.3 is 14.8 Å². The molecule has 0 aliphatic carbocycles. The van der Waals surface area contributed by atoms with Gasteiger partial charge in [0.25, 0.3) is 5.56 Å². The number of methoxy groups -OCH3 is 1. The fourth-order valence-corrected chi connectivity index (χ4v) is 4.10. The van der Waals surface area contributed by atoms with Crippen LogP contribution in [-0.2, 0) is 0 Å². The predicted octanol–water partition coefficient (Wildman–Crippen LogP) is 5.10. The number of aromatic nitrogens is 2. The molecule has 0 aliphatic rings. The molecule has 0 saturated heterocycles. The van der Waals surface area contributed by atoms with Crippen molar-refractivity contribution in [3.63, 3.8) is 0 Å². The van der Waals surface area contributed by atoms with Crippen LogP contribution in [-0.4, -0.2) is 28.2 Å². The first kappa shape index (κ1) is 19.9. The summed E-state index contributed by atoms with van der Waals surface area (Å²) in [7, 11) is 1.61. The number of nitrogens with one attached hydrogen (secondary N) is 1. The van der Waals surface area contributed by atoms with E-state index in [-0.39, 0.29) is 22.0 Å². The molecular weight excluding hydrogens is 424 g/mol. The second-order valence-electron chi connectivity index (χ2n) is 6.39. The average molecular weight is 439 g/mol. The number of hydrogen-bond donors (Lipinski definition) is 2. The number of carboxylic acids is 1. The lowest BCUT2D eigenvalue weighted by Gasteiger charge is -2.00. The van der Waals surface area contributed by atoms with Gasteiger partial charge in [-0.05, 0) is 59.7 Å². The van der Waals surface area contributed by atoms with E-state index in [1.54, 1.807) is 25.3 Å². The zero-order valence-corrected chi connectivity index (χ0v) is 17.3. The monoisotopic (exact) mass is 438 g/mol. The van der Waals surface area contributed by atoms with Crippen LogP contribution in [0.1, 0.15) is 21.7 Å². The summed E-state index contributed by atoms with van der Waals surface area (Å²) < 4.78 is 5.69. The van der Waals surface area contributed by atoms with Crippen molar-refractivity contribution in [3.8, 4) is 16.2 Å². The molecule has 2 heterocycles. The first-order chi connectivity index (χ1) is 14.4. The maximum atomic E-state index is 12.6. The van der Waals surface area contributed by atoms with Gasteiger partial charge in [-0.1, -0.05) is 23.7 Å². The summed E-state index contributed by atoms with van der Waals surface area (Å²) in [4.78, 5) is 31.6. The molecule has 0 saturated carbocycles. The fourth-order valence-electron chi connectivity index (χ4n) is 2.89. The Bertz CT molecular complexity index is 1320.